The summed E-state index contributed by atoms with van der Waals surface area (Å²) in [6.45, 7) is 2.27. The highest BCUT2D eigenvalue weighted by Crippen LogP contribution is 2.26. The summed E-state index contributed by atoms with van der Waals surface area (Å²) in [5.41, 5.74) is 0.344. The Morgan fingerprint density at radius 3 is 2.65 bits per heavy atom. The molecule has 0 aromatic carbocycles. The molecule has 1 amide bonds. The van der Waals surface area contributed by atoms with Crippen LogP contribution >= 0.6 is 0 Å². The first-order valence-electron chi connectivity index (χ1n) is 9.52. The lowest BCUT2D eigenvalue weighted by Gasteiger charge is -2.27. The lowest BCUT2D eigenvalue weighted by Crippen LogP contribution is -2.38. The Morgan fingerprint density at radius 1 is 1.19 bits per heavy atom. The fourth-order valence-electron chi connectivity index (χ4n) is 3.41. The summed E-state index contributed by atoms with van der Waals surface area (Å²) >= 11 is 0. The van der Waals surface area contributed by atoms with Gasteiger partial charge in [-0.1, -0.05) is 6.92 Å². The van der Waals surface area contributed by atoms with E-state index in [2.05, 4.69) is 27.2 Å². The van der Waals surface area contributed by atoms with Gasteiger partial charge in [0.1, 0.15) is 18.1 Å². The lowest BCUT2D eigenvalue weighted by molar-refractivity contribution is 0.0912. The number of hydrogen-bond acceptors (Lipinski definition) is 5. The van der Waals surface area contributed by atoms with Gasteiger partial charge in [0, 0.05) is 24.5 Å². The summed E-state index contributed by atoms with van der Waals surface area (Å²) in [6, 6.07) is 1.88. The van der Waals surface area contributed by atoms with Gasteiger partial charge < -0.3 is 10.1 Å². The largest absolute Gasteiger partial charge is 0.474 e. The molecule has 7 nitrogen and oxygen atoms in total. The highest BCUT2D eigenvalue weighted by molar-refractivity contribution is 5.92. The zero-order valence-electron chi connectivity index (χ0n) is 15.1. The monoisotopic (exact) mass is 355 g/mol. The molecule has 0 radical (unpaired) electrons. The molecule has 2 fully saturated rings. The first-order chi connectivity index (χ1) is 12.7. The number of hydrogen-bond donors (Lipinski definition) is 1. The molecule has 2 heterocycles. The molecule has 1 N–H and O–H groups in total. The second-order valence-electron chi connectivity index (χ2n) is 7.46. The van der Waals surface area contributed by atoms with Crippen molar-refractivity contribution in [1.82, 2.24) is 24.8 Å². The van der Waals surface area contributed by atoms with Gasteiger partial charge in [0.15, 0.2) is 0 Å². The molecule has 2 saturated carbocycles. The summed E-state index contributed by atoms with van der Waals surface area (Å²) in [6.07, 6.45) is 12.8. The Balaban J connectivity index is 1.54. The van der Waals surface area contributed by atoms with Gasteiger partial charge in [-0.25, -0.2) is 9.97 Å². The minimum atomic E-state index is -0.160. The number of imidazole rings is 1. The smallest absolute Gasteiger partial charge is 0.270 e. The fourth-order valence-corrected chi connectivity index (χ4v) is 3.41. The van der Waals surface area contributed by atoms with Crippen LogP contribution in [0.4, 0.5) is 0 Å². The molecule has 0 atom stereocenters. The Morgan fingerprint density at radius 2 is 2.00 bits per heavy atom. The third-order valence-corrected chi connectivity index (χ3v) is 5.35. The average Bonchev–Trinajstić information content (AvgIpc) is 3.15. The number of carbonyl (C=O) groups is 1. The van der Waals surface area contributed by atoms with Crippen LogP contribution in [0.25, 0.3) is 5.95 Å². The first kappa shape index (κ1) is 17.0. The highest BCUT2D eigenvalue weighted by Gasteiger charge is 2.24. The zero-order chi connectivity index (χ0) is 17.9. The molecule has 2 aliphatic rings. The SMILES string of the molecule is CC1CCC(NC(=O)c2cc(OC3CCC3)nc(-n3ccnc3)n2)CC1. The van der Waals surface area contributed by atoms with Gasteiger partial charge in [-0.2, -0.15) is 4.98 Å². The summed E-state index contributed by atoms with van der Waals surface area (Å²) < 4.78 is 7.61. The molecule has 26 heavy (non-hydrogen) atoms. The van der Waals surface area contributed by atoms with Crippen LogP contribution in [0.3, 0.4) is 0 Å². The number of ether oxygens (including phenoxy) is 1. The van der Waals surface area contributed by atoms with E-state index in [1.54, 1.807) is 29.4 Å². The highest BCUT2D eigenvalue weighted by atomic mass is 16.5. The Labute approximate surface area is 153 Å². The van der Waals surface area contributed by atoms with E-state index in [9.17, 15) is 4.79 Å². The number of rotatable bonds is 5. The maximum atomic E-state index is 12.8. The van der Waals surface area contributed by atoms with Crippen molar-refractivity contribution in [3.05, 3.63) is 30.5 Å². The first-order valence-corrected chi connectivity index (χ1v) is 9.52. The number of amides is 1. The van der Waals surface area contributed by atoms with Crippen molar-refractivity contribution in [2.45, 2.75) is 64.0 Å². The molecule has 0 spiro atoms. The molecule has 0 unspecified atom stereocenters. The van der Waals surface area contributed by atoms with Crippen LogP contribution in [0.2, 0.25) is 0 Å². The standard InChI is InChI=1S/C19H25N5O2/c1-13-5-7-14(8-6-13)21-18(25)16-11-17(26-15-3-2-4-15)23-19(22-16)24-10-9-20-12-24/h9-15H,2-8H2,1H3,(H,21,25). The van der Waals surface area contributed by atoms with Crippen LogP contribution in [-0.4, -0.2) is 37.6 Å². The van der Waals surface area contributed by atoms with Crippen molar-refractivity contribution in [1.29, 1.82) is 0 Å². The normalized spacial score (nSPS) is 23.3. The van der Waals surface area contributed by atoms with Gasteiger partial charge in [0.25, 0.3) is 5.91 Å². The molecule has 0 aliphatic heterocycles. The van der Waals surface area contributed by atoms with Gasteiger partial charge in [0.2, 0.25) is 11.8 Å². The van der Waals surface area contributed by atoms with Gasteiger partial charge in [-0.3, -0.25) is 9.36 Å². The van der Waals surface area contributed by atoms with E-state index in [0.717, 1.165) is 44.4 Å². The van der Waals surface area contributed by atoms with Crippen LogP contribution in [0.5, 0.6) is 5.88 Å². The van der Waals surface area contributed by atoms with Crippen molar-refractivity contribution in [3.63, 3.8) is 0 Å². The van der Waals surface area contributed by atoms with Gasteiger partial charge in [-0.05, 0) is 50.9 Å². The minimum Gasteiger partial charge on any atom is -0.474 e. The molecule has 2 aliphatic carbocycles. The van der Waals surface area contributed by atoms with Crippen molar-refractivity contribution < 1.29 is 9.53 Å². The van der Waals surface area contributed by atoms with E-state index in [1.165, 1.54) is 6.42 Å². The third kappa shape index (κ3) is 3.86. The third-order valence-electron chi connectivity index (χ3n) is 5.35. The van der Waals surface area contributed by atoms with Gasteiger partial charge in [-0.15, -0.1) is 0 Å². The topological polar surface area (TPSA) is 81.9 Å². The molecule has 0 saturated heterocycles. The Hall–Kier alpha value is -2.44. The number of carbonyl (C=O) groups excluding carboxylic acids is 1. The molecule has 2 aromatic rings. The molecule has 2 aromatic heterocycles. The van der Waals surface area contributed by atoms with E-state index in [4.69, 9.17) is 4.74 Å². The van der Waals surface area contributed by atoms with Gasteiger partial charge >= 0.3 is 0 Å². The average molecular weight is 355 g/mol. The van der Waals surface area contributed by atoms with Crippen molar-refractivity contribution in [2.75, 3.05) is 0 Å². The predicted octanol–water partition coefficient (Wildman–Crippen LogP) is 2.90. The molecule has 138 valence electrons. The summed E-state index contributed by atoms with van der Waals surface area (Å²) in [5.74, 6) is 1.45. The second kappa shape index (κ2) is 7.43. The van der Waals surface area contributed by atoms with Crippen LogP contribution in [-0.2, 0) is 0 Å². The van der Waals surface area contributed by atoms with Gasteiger partial charge in [0.05, 0.1) is 0 Å². The van der Waals surface area contributed by atoms with E-state index in [1.807, 2.05) is 0 Å². The summed E-state index contributed by atoms with van der Waals surface area (Å²) in [7, 11) is 0. The molecule has 4 rings (SSSR count). The number of aromatic nitrogens is 4. The molecular weight excluding hydrogens is 330 g/mol. The number of nitrogens with zero attached hydrogens (tertiary/aromatic N) is 4. The lowest BCUT2D eigenvalue weighted by atomic mass is 9.87. The van der Waals surface area contributed by atoms with Crippen molar-refractivity contribution in [2.24, 2.45) is 5.92 Å². The van der Waals surface area contributed by atoms with E-state index in [0.29, 0.717) is 17.5 Å². The van der Waals surface area contributed by atoms with E-state index in [-0.39, 0.29) is 18.1 Å². The molecule has 0 bridgehead atoms. The Kier molecular flexibility index (Phi) is 4.86. The maximum Gasteiger partial charge on any atom is 0.270 e. The summed E-state index contributed by atoms with van der Waals surface area (Å²) in [5, 5.41) is 3.13. The van der Waals surface area contributed by atoms with Crippen LogP contribution in [0.15, 0.2) is 24.8 Å². The maximum absolute atomic E-state index is 12.8. The second-order valence-corrected chi connectivity index (χ2v) is 7.46. The fraction of sp³-hybridized carbons (Fsp3) is 0.579. The van der Waals surface area contributed by atoms with E-state index < -0.39 is 0 Å². The van der Waals surface area contributed by atoms with Crippen LogP contribution in [0, 0.1) is 5.92 Å². The number of nitrogens with one attached hydrogen (secondary N) is 1. The minimum absolute atomic E-state index is 0.160. The van der Waals surface area contributed by atoms with Crippen LogP contribution in [0.1, 0.15) is 62.4 Å². The quantitative estimate of drug-likeness (QED) is 0.892. The summed E-state index contributed by atoms with van der Waals surface area (Å²) in [4.78, 5) is 25.7. The molecule has 7 heteroatoms. The van der Waals surface area contributed by atoms with Crippen LogP contribution < -0.4 is 10.1 Å². The zero-order valence-corrected chi connectivity index (χ0v) is 15.1. The molecular formula is C19H25N5O2. The van der Waals surface area contributed by atoms with E-state index >= 15 is 0 Å². The predicted molar refractivity (Wildman–Crippen MR) is 96.3 cm³/mol. The van der Waals surface area contributed by atoms with Crippen molar-refractivity contribution >= 4 is 5.91 Å². The van der Waals surface area contributed by atoms with Crippen molar-refractivity contribution in [3.8, 4) is 11.8 Å². The Bertz CT molecular complexity index is 749.